The molecule has 0 saturated carbocycles. The van der Waals surface area contributed by atoms with Crippen molar-refractivity contribution in [1.29, 1.82) is 0 Å². The molecule has 2 aromatic carbocycles. The van der Waals surface area contributed by atoms with E-state index >= 15 is 0 Å². The highest BCUT2D eigenvalue weighted by Crippen LogP contribution is 2.30. The number of ether oxygens (including phenoxy) is 1. The van der Waals surface area contributed by atoms with Gasteiger partial charge in [0.1, 0.15) is 0 Å². The molecule has 0 saturated heterocycles. The third-order valence-electron chi connectivity index (χ3n) is 3.58. The Morgan fingerprint density at radius 1 is 1.04 bits per heavy atom. The lowest BCUT2D eigenvalue weighted by Crippen LogP contribution is -2.05. The molecule has 10 heteroatoms. The smallest absolute Gasteiger partial charge is 0.416 e. The third kappa shape index (κ3) is 4.72. The number of hydrogen-bond acceptors (Lipinski definition) is 7. The second-order valence-electron chi connectivity index (χ2n) is 5.56. The van der Waals surface area contributed by atoms with E-state index in [0.717, 1.165) is 12.1 Å². The van der Waals surface area contributed by atoms with Gasteiger partial charge < -0.3 is 15.4 Å². The van der Waals surface area contributed by atoms with Gasteiger partial charge in [-0.2, -0.15) is 23.3 Å². The summed E-state index contributed by atoms with van der Waals surface area (Å²) >= 11 is 0. The zero-order valence-corrected chi connectivity index (χ0v) is 14.5. The largest absolute Gasteiger partial charge is 0.465 e. The average Bonchev–Trinajstić information content (AvgIpc) is 2.67. The van der Waals surface area contributed by atoms with Gasteiger partial charge in [0.2, 0.25) is 5.95 Å². The van der Waals surface area contributed by atoms with Gasteiger partial charge in [0.15, 0.2) is 5.82 Å². The van der Waals surface area contributed by atoms with Gasteiger partial charge in [0.05, 0.1) is 24.4 Å². The highest BCUT2D eigenvalue weighted by Gasteiger charge is 2.29. The van der Waals surface area contributed by atoms with Crippen molar-refractivity contribution in [3.63, 3.8) is 0 Å². The zero-order valence-electron chi connectivity index (χ0n) is 14.5. The molecule has 0 spiro atoms. The maximum absolute atomic E-state index is 12.6. The summed E-state index contributed by atoms with van der Waals surface area (Å²) < 4.78 is 42.5. The SMILES string of the molecule is COC(=O)c1cccc(Nc2nncc(Nc3ccc(C(F)(F)F)cc3)n2)c1. The molecular formula is C18H14F3N5O2. The van der Waals surface area contributed by atoms with Crippen LogP contribution in [-0.4, -0.2) is 28.3 Å². The van der Waals surface area contributed by atoms with Gasteiger partial charge in [-0.15, -0.1) is 5.10 Å². The minimum atomic E-state index is -4.40. The molecule has 0 atom stereocenters. The fourth-order valence-electron chi connectivity index (χ4n) is 2.28. The zero-order chi connectivity index (χ0) is 20.1. The number of carbonyl (C=O) groups excluding carboxylic acids is 1. The Balaban J connectivity index is 1.73. The fraction of sp³-hybridized carbons (Fsp3) is 0.111. The van der Waals surface area contributed by atoms with Crippen molar-refractivity contribution in [3.05, 3.63) is 65.9 Å². The number of rotatable bonds is 5. The van der Waals surface area contributed by atoms with Crippen LogP contribution >= 0.6 is 0 Å². The van der Waals surface area contributed by atoms with E-state index in [0.29, 0.717) is 16.9 Å². The van der Waals surface area contributed by atoms with E-state index in [-0.39, 0.29) is 11.8 Å². The van der Waals surface area contributed by atoms with Crippen molar-refractivity contribution in [2.75, 3.05) is 17.7 Å². The Bertz CT molecular complexity index is 977. The number of benzene rings is 2. The molecule has 0 radical (unpaired) electrons. The van der Waals surface area contributed by atoms with E-state index in [1.165, 1.54) is 25.4 Å². The van der Waals surface area contributed by atoms with Crippen molar-refractivity contribution >= 4 is 29.1 Å². The van der Waals surface area contributed by atoms with Crippen molar-refractivity contribution in [1.82, 2.24) is 15.2 Å². The number of nitrogens with zero attached hydrogens (tertiary/aromatic N) is 3. The first-order chi connectivity index (χ1) is 13.3. The van der Waals surface area contributed by atoms with E-state index in [9.17, 15) is 18.0 Å². The number of alkyl halides is 3. The van der Waals surface area contributed by atoms with Crippen molar-refractivity contribution in [3.8, 4) is 0 Å². The predicted octanol–water partition coefficient (Wildman–Crippen LogP) is 4.16. The first-order valence-corrected chi connectivity index (χ1v) is 7.94. The molecule has 7 nitrogen and oxygen atoms in total. The summed E-state index contributed by atoms with van der Waals surface area (Å²) in [6.07, 6.45) is -3.07. The molecule has 3 aromatic rings. The van der Waals surface area contributed by atoms with Crippen LogP contribution in [0.4, 0.5) is 36.3 Å². The molecule has 1 heterocycles. The maximum atomic E-state index is 12.6. The number of esters is 1. The summed E-state index contributed by atoms with van der Waals surface area (Å²) in [6.45, 7) is 0. The fourth-order valence-corrected chi connectivity index (χ4v) is 2.28. The lowest BCUT2D eigenvalue weighted by atomic mass is 10.2. The van der Waals surface area contributed by atoms with E-state index in [1.54, 1.807) is 24.3 Å². The van der Waals surface area contributed by atoms with Crippen LogP contribution in [0.2, 0.25) is 0 Å². The van der Waals surface area contributed by atoms with Gasteiger partial charge in [-0.1, -0.05) is 6.07 Å². The molecule has 2 N–H and O–H groups in total. The monoisotopic (exact) mass is 389 g/mol. The highest BCUT2D eigenvalue weighted by atomic mass is 19.4. The minimum Gasteiger partial charge on any atom is -0.465 e. The lowest BCUT2D eigenvalue weighted by molar-refractivity contribution is -0.137. The number of carbonyl (C=O) groups is 1. The second kappa shape index (κ2) is 7.91. The summed E-state index contributed by atoms with van der Waals surface area (Å²) in [5.74, 6) is -0.0688. The molecular weight excluding hydrogens is 375 g/mol. The number of hydrogen-bond donors (Lipinski definition) is 2. The van der Waals surface area contributed by atoms with Crippen molar-refractivity contribution in [2.45, 2.75) is 6.18 Å². The molecule has 0 aliphatic carbocycles. The molecule has 1 aromatic heterocycles. The van der Waals surface area contributed by atoms with Crippen molar-refractivity contribution in [2.24, 2.45) is 0 Å². The van der Waals surface area contributed by atoms with Crippen LogP contribution in [0.25, 0.3) is 0 Å². The minimum absolute atomic E-state index is 0.138. The van der Waals surface area contributed by atoms with Gasteiger partial charge in [-0.3, -0.25) is 0 Å². The standard InChI is InChI=1S/C18H14F3N5O2/c1-28-16(27)11-3-2-4-14(9-11)24-17-25-15(10-22-26-17)23-13-7-5-12(6-8-13)18(19,20)21/h2-10H,1H3,(H2,23,24,25,26). The van der Waals surface area contributed by atoms with Gasteiger partial charge in [-0.25, -0.2) is 4.79 Å². The van der Waals surface area contributed by atoms with Gasteiger partial charge in [-0.05, 0) is 42.5 Å². The Morgan fingerprint density at radius 2 is 1.79 bits per heavy atom. The summed E-state index contributed by atoms with van der Waals surface area (Å²) in [5.41, 5.74) is 0.551. The summed E-state index contributed by atoms with van der Waals surface area (Å²) in [7, 11) is 1.28. The second-order valence-corrected chi connectivity index (χ2v) is 5.56. The topological polar surface area (TPSA) is 89.0 Å². The van der Waals surface area contributed by atoms with Crippen LogP contribution in [0, 0.1) is 0 Å². The number of aromatic nitrogens is 3. The van der Waals surface area contributed by atoms with Gasteiger partial charge in [0.25, 0.3) is 0 Å². The highest BCUT2D eigenvalue weighted by molar-refractivity contribution is 5.90. The van der Waals surface area contributed by atoms with E-state index in [1.807, 2.05) is 0 Å². The quantitative estimate of drug-likeness (QED) is 0.633. The van der Waals surface area contributed by atoms with E-state index in [2.05, 4.69) is 30.6 Å². The number of methoxy groups -OCH3 is 1. The molecule has 0 aliphatic heterocycles. The normalized spacial score (nSPS) is 11.0. The molecule has 28 heavy (non-hydrogen) atoms. The molecule has 0 aliphatic rings. The van der Waals surface area contributed by atoms with Crippen LogP contribution in [0.1, 0.15) is 15.9 Å². The van der Waals surface area contributed by atoms with Crippen LogP contribution in [0.15, 0.2) is 54.7 Å². The number of anilines is 4. The first kappa shape index (κ1) is 19.1. The molecule has 0 bridgehead atoms. The lowest BCUT2D eigenvalue weighted by Gasteiger charge is -2.10. The Morgan fingerprint density at radius 3 is 2.46 bits per heavy atom. The van der Waals surface area contributed by atoms with E-state index in [4.69, 9.17) is 0 Å². The van der Waals surface area contributed by atoms with Crippen LogP contribution in [0.5, 0.6) is 0 Å². The van der Waals surface area contributed by atoms with Gasteiger partial charge in [0, 0.05) is 11.4 Å². The number of halogens is 3. The Hall–Kier alpha value is -3.69. The average molecular weight is 389 g/mol. The molecule has 144 valence electrons. The summed E-state index contributed by atoms with van der Waals surface area (Å²) in [5, 5.41) is 13.4. The first-order valence-electron chi connectivity index (χ1n) is 7.94. The molecule has 0 amide bonds. The van der Waals surface area contributed by atoms with Gasteiger partial charge >= 0.3 is 12.1 Å². The van der Waals surface area contributed by atoms with Crippen molar-refractivity contribution < 1.29 is 22.7 Å². The number of nitrogens with one attached hydrogen (secondary N) is 2. The molecule has 0 unspecified atom stereocenters. The Kier molecular flexibility index (Phi) is 5.39. The maximum Gasteiger partial charge on any atom is 0.416 e. The summed E-state index contributed by atoms with van der Waals surface area (Å²) in [4.78, 5) is 15.8. The predicted molar refractivity (Wildman–Crippen MR) is 95.6 cm³/mol. The summed E-state index contributed by atoms with van der Waals surface area (Å²) in [6, 6.07) is 11.0. The van der Waals surface area contributed by atoms with Crippen LogP contribution in [-0.2, 0) is 10.9 Å². The Labute approximate surface area is 157 Å². The third-order valence-corrected chi connectivity index (χ3v) is 3.58. The van der Waals surface area contributed by atoms with Crippen LogP contribution in [0.3, 0.4) is 0 Å². The molecule has 3 rings (SSSR count). The van der Waals surface area contributed by atoms with Crippen LogP contribution < -0.4 is 10.6 Å². The molecule has 0 fully saturated rings. The van der Waals surface area contributed by atoms with E-state index < -0.39 is 17.7 Å².